The maximum absolute atomic E-state index is 12.4. The molecule has 1 aromatic rings. The molecule has 3 amide bonds. The molecular weight excluding hydrogens is 282 g/mol. The lowest BCUT2D eigenvalue weighted by atomic mass is 10.1. The van der Waals surface area contributed by atoms with E-state index >= 15 is 0 Å². The third kappa shape index (κ3) is 2.78. The molecule has 2 aliphatic rings. The number of rotatable bonds is 4. The van der Waals surface area contributed by atoms with Crippen LogP contribution >= 0.6 is 0 Å². The maximum Gasteiger partial charge on any atom is 0.322 e. The normalized spacial score (nSPS) is 23.8. The molecule has 0 radical (unpaired) electrons. The Kier molecular flexibility index (Phi) is 4.29. The van der Waals surface area contributed by atoms with Gasteiger partial charge in [-0.2, -0.15) is 0 Å². The summed E-state index contributed by atoms with van der Waals surface area (Å²) >= 11 is 0. The fourth-order valence-electron chi connectivity index (χ4n) is 3.38. The molecule has 0 unspecified atom stereocenters. The van der Waals surface area contributed by atoms with Crippen LogP contribution in [0.1, 0.15) is 12.8 Å². The lowest BCUT2D eigenvalue weighted by molar-refractivity contribution is -0.129. The van der Waals surface area contributed by atoms with Gasteiger partial charge >= 0.3 is 6.03 Å². The van der Waals surface area contributed by atoms with Crippen LogP contribution in [0.3, 0.4) is 0 Å². The van der Waals surface area contributed by atoms with E-state index in [1.54, 1.807) is 12.0 Å². The zero-order chi connectivity index (χ0) is 15.5. The highest BCUT2D eigenvalue weighted by molar-refractivity contribution is 5.91. The number of anilines is 1. The molecule has 0 bridgehead atoms. The molecule has 0 spiro atoms. The number of carbonyl (C=O) groups is 2. The molecule has 2 fully saturated rings. The average molecular weight is 303 g/mol. The van der Waals surface area contributed by atoms with Gasteiger partial charge in [0.1, 0.15) is 0 Å². The minimum Gasteiger partial charge on any atom is -0.383 e. The Bertz CT molecular complexity index is 549. The van der Waals surface area contributed by atoms with Crippen molar-refractivity contribution in [2.75, 3.05) is 32.1 Å². The number of amides is 3. The average Bonchev–Trinajstić information content (AvgIpc) is 3.05. The minimum atomic E-state index is -0.125. The maximum atomic E-state index is 12.4. The quantitative estimate of drug-likeness (QED) is 0.918. The van der Waals surface area contributed by atoms with Crippen molar-refractivity contribution in [2.24, 2.45) is 0 Å². The molecule has 1 N–H and O–H groups in total. The van der Waals surface area contributed by atoms with Crippen LogP contribution in [0.4, 0.5) is 10.5 Å². The Balaban J connectivity index is 1.65. The van der Waals surface area contributed by atoms with Gasteiger partial charge in [-0.05, 0) is 18.6 Å². The topological polar surface area (TPSA) is 61.9 Å². The first-order chi connectivity index (χ1) is 10.7. The van der Waals surface area contributed by atoms with Crippen molar-refractivity contribution < 1.29 is 14.3 Å². The van der Waals surface area contributed by atoms with Gasteiger partial charge < -0.3 is 19.9 Å². The highest BCUT2D eigenvalue weighted by Gasteiger charge is 2.48. The number of nitrogens with one attached hydrogen (secondary N) is 1. The van der Waals surface area contributed by atoms with Gasteiger partial charge in [-0.25, -0.2) is 4.79 Å². The summed E-state index contributed by atoms with van der Waals surface area (Å²) in [6.45, 7) is 1.82. The zero-order valence-electron chi connectivity index (χ0n) is 12.7. The largest absolute Gasteiger partial charge is 0.383 e. The van der Waals surface area contributed by atoms with Crippen LogP contribution in [0.15, 0.2) is 30.3 Å². The third-order valence-corrected chi connectivity index (χ3v) is 4.44. The van der Waals surface area contributed by atoms with Gasteiger partial charge in [-0.15, -0.1) is 0 Å². The number of hydrogen-bond donors (Lipinski definition) is 1. The molecule has 2 aliphatic heterocycles. The molecular formula is C16H21N3O3. The summed E-state index contributed by atoms with van der Waals surface area (Å²) < 4.78 is 5.07. The van der Waals surface area contributed by atoms with Crippen molar-refractivity contribution in [2.45, 2.75) is 24.9 Å². The molecule has 22 heavy (non-hydrogen) atoms. The van der Waals surface area contributed by atoms with E-state index in [0.717, 1.165) is 12.1 Å². The number of carbonyl (C=O) groups excluding carboxylic acids is 2. The fraction of sp³-hybridized carbons (Fsp3) is 0.500. The molecule has 6 heteroatoms. The zero-order valence-corrected chi connectivity index (χ0v) is 12.7. The Morgan fingerprint density at radius 3 is 2.82 bits per heavy atom. The number of hydrogen-bond acceptors (Lipinski definition) is 3. The lowest BCUT2D eigenvalue weighted by Crippen LogP contribution is -2.42. The van der Waals surface area contributed by atoms with Gasteiger partial charge in [-0.3, -0.25) is 4.79 Å². The van der Waals surface area contributed by atoms with E-state index < -0.39 is 0 Å². The first kappa shape index (κ1) is 14.8. The van der Waals surface area contributed by atoms with Crippen LogP contribution in [-0.4, -0.2) is 60.6 Å². The lowest BCUT2D eigenvalue weighted by Gasteiger charge is -2.25. The van der Waals surface area contributed by atoms with E-state index in [1.807, 2.05) is 35.2 Å². The van der Waals surface area contributed by atoms with E-state index in [-0.39, 0.29) is 24.0 Å². The van der Waals surface area contributed by atoms with Crippen molar-refractivity contribution in [3.63, 3.8) is 0 Å². The molecule has 6 nitrogen and oxygen atoms in total. The van der Waals surface area contributed by atoms with Gasteiger partial charge in [0, 0.05) is 32.3 Å². The molecule has 3 rings (SSSR count). The Hall–Kier alpha value is -2.08. The van der Waals surface area contributed by atoms with Gasteiger partial charge in [0.25, 0.3) is 0 Å². The molecule has 2 heterocycles. The van der Waals surface area contributed by atoms with Crippen molar-refractivity contribution >= 4 is 17.6 Å². The standard InChI is InChI=1S/C16H21N3O3/c1-22-10-9-18-13-7-8-19(14(13)11-15(18)20)16(21)17-12-5-3-2-4-6-12/h2-6,13-14H,7-11H2,1H3,(H,17,21)/t13-,14-/m1/s1. The molecule has 2 saturated heterocycles. The summed E-state index contributed by atoms with van der Waals surface area (Å²) in [5.41, 5.74) is 0.775. The Morgan fingerprint density at radius 1 is 1.32 bits per heavy atom. The number of nitrogens with zero attached hydrogens (tertiary/aromatic N) is 2. The second kappa shape index (κ2) is 6.36. The first-order valence-electron chi connectivity index (χ1n) is 7.62. The first-order valence-corrected chi connectivity index (χ1v) is 7.62. The summed E-state index contributed by atoms with van der Waals surface area (Å²) in [6.07, 6.45) is 1.25. The second-order valence-electron chi connectivity index (χ2n) is 5.70. The predicted molar refractivity (Wildman–Crippen MR) is 82.6 cm³/mol. The molecule has 0 aromatic heterocycles. The molecule has 0 aliphatic carbocycles. The summed E-state index contributed by atoms with van der Waals surface area (Å²) in [5, 5.41) is 2.90. The monoisotopic (exact) mass is 303 g/mol. The summed E-state index contributed by atoms with van der Waals surface area (Å²) in [5.74, 6) is 0.115. The predicted octanol–water partition coefficient (Wildman–Crippen LogP) is 1.54. The smallest absolute Gasteiger partial charge is 0.322 e. The number of fused-ring (bicyclic) bond motifs is 1. The number of para-hydroxylation sites is 1. The van der Waals surface area contributed by atoms with Gasteiger partial charge in [-0.1, -0.05) is 18.2 Å². The van der Waals surface area contributed by atoms with Crippen LogP contribution in [0.25, 0.3) is 0 Å². The second-order valence-corrected chi connectivity index (χ2v) is 5.70. The van der Waals surface area contributed by atoms with Gasteiger partial charge in [0.2, 0.25) is 5.91 Å². The van der Waals surface area contributed by atoms with Gasteiger partial charge in [0.15, 0.2) is 0 Å². The van der Waals surface area contributed by atoms with Crippen molar-refractivity contribution in [3.8, 4) is 0 Å². The van der Waals surface area contributed by atoms with Gasteiger partial charge in [0.05, 0.1) is 18.7 Å². The van der Waals surface area contributed by atoms with Crippen LogP contribution in [0.5, 0.6) is 0 Å². The van der Waals surface area contributed by atoms with Crippen LogP contribution < -0.4 is 5.32 Å². The number of likely N-dealkylation sites (tertiary alicyclic amines) is 2. The number of ether oxygens (including phenoxy) is 1. The third-order valence-electron chi connectivity index (χ3n) is 4.44. The van der Waals surface area contributed by atoms with E-state index in [2.05, 4.69) is 5.32 Å². The number of methoxy groups -OCH3 is 1. The van der Waals surface area contributed by atoms with Crippen LogP contribution in [0.2, 0.25) is 0 Å². The van der Waals surface area contributed by atoms with Crippen molar-refractivity contribution in [1.29, 1.82) is 0 Å². The molecule has 118 valence electrons. The van der Waals surface area contributed by atoms with E-state index in [1.165, 1.54) is 0 Å². The van der Waals surface area contributed by atoms with E-state index in [0.29, 0.717) is 26.1 Å². The fourth-order valence-corrected chi connectivity index (χ4v) is 3.38. The highest BCUT2D eigenvalue weighted by Crippen LogP contribution is 2.32. The SMILES string of the molecule is COCCN1C(=O)C[C@@H]2[C@H]1CCN2C(=O)Nc1ccccc1. The molecule has 0 saturated carbocycles. The van der Waals surface area contributed by atoms with Crippen molar-refractivity contribution in [1.82, 2.24) is 9.80 Å². The van der Waals surface area contributed by atoms with E-state index in [9.17, 15) is 9.59 Å². The van der Waals surface area contributed by atoms with Crippen molar-refractivity contribution in [3.05, 3.63) is 30.3 Å². The summed E-state index contributed by atoms with van der Waals surface area (Å²) in [4.78, 5) is 28.2. The Labute approximate surface area is 130 Å². The number of urea groups is 1. The summed E-state index contributed by atoms with van der Waals surface area (Å²) in [7, 11) is 1.63. The van der Waals surface area contributed by atoms with Crippen LogP contribution in [-0.2, 0) is 9.53 Å². The minimum absolute atomic E-state index is 0.0203. The number of benzene rings is 1. The molecule has 2 atom stereocenters. The summed E-state index contributed by atoms with van der Waals surface area (Å²) in [6, 6.07) is 9.37. The Morgan fingerprint density at radius 2 is 2.09 bits per heavy atom. The van der Waals surface area contributed by atoms with E-state index in [4.69, 9.17) is 4.74 Å². The molecule has 1 aromatic carbocycles. The highest BCUT2D eigenvalue weighted by atomic mass is 16.5. The van der Waals surface area contributed by atoms with Crippen LogP contribution in [0, 0.1) is 0 Å².